The summed E-state index contributed by atoms with van der Waals surface area (Å²) in [5.74, 6) is 0.853. The van der Waals surface area contributed by atoms with E-state index in [2.05, 4.69) is 20.9 Å². The van der Waals surface area contributed by atoms with Crippen molar-refractivity contribution in [3.8, 4) is 0 Å². The van der Waals surface area contributed by atoms with Crippen LogP contribution in [0.5, 0.6) is 0 Å². The number of aliphatic hydroxyl groups is 1. The average molecular weight is 278 g/mol. The van der Waals surface area contributed by atoms with Gasteiger partial charge >= 0.3 is 0 Å². The quantitative estimate of drug-likeness (QED) is 0.854. The Hall–Kier alpha value is -0.320. The Kier molecular flexibility index (Phi) is 2.95. The topological polar surface area (TPSA) is 36.4 Å². The number of hydrogen-bond donors (Lipinski definition) is 1. The highest BCUT2D eigenvalue weighted by molar-refractivity contribution is 9.10. The van der Waals surface area contributed by atoms with E-state index in [0.29, 0.717) is 11.6 Å². The first-order chi connectivity index (χ1) is 6.66. The highest BCUT2D eigenvalue weighted by atomic mass is 79.9. The molecule has 0 saturated carbocycles. The van der Waals surface area contributed by atoms with Crippen LogP contribution in [0.1, 0.15) is 6.42 Å². The van der Waals surface area contributed by atoms with E-state index in [-0.39, 0.29) is 6.10 Å². The van der Waals surface area contributed by atoms with Gasteiger partial charge in [-0.15, -0.1) is 0 Å². The molecular weight excluding hydrogens is 267 g/mol. The maximum absolute atomic E-state index is 9.40. The third kappa shape index (κ3) is 2.02. The van der Waals surface area contributed by atoms with Gasteiger partial charge in [-0.05, 0) is 28.4 Å². The van der Waals surface area contributed by atoms with Gasteiger partial charge in [0.2, 0.25) is 0 Å². The molecule has 0 amide bonds. The zero-order valence-corrected chi connectivity index (χ0v) is 9.79. The lowest BCUT2D eigenvalue weighted by molar-refractivity contribution is 0.198. The number of nitrogens with zero attached hydrogens (tertiary/aromatic N) is 2. The molecule has 1 fully saturated rings. The minimum Gasteiger partial charge on any atom is -0.391 e. The van der Waals surface area contributed by atoms with Crippen molar-refractivity contribution in [2.75, 3.05) is 18.0 Å². The molecule has 1 aliphatic heterocycles. The fraction of sp³-hybridized carbons (Fsp3) is 0.444. The highest BCUT2D eigenvalue weighted by Crippen LogP contribution is 2.28. The molecule has 2 heterocycles. The van der Waals surface area contributed by atoms with E-state index in [1.165, 1.54) is 0 Å². The number of rotatable bonds is 1. The van der Waals surface area contributed by atoms with Crippen LogP contribution in [0.2, 0.25) is 5.02 Å². The lowest BCUT2D eigenvalue weighted by atomic mass is 10.3. The smallest absolute Gasteiger partial charge is 0.143 e. The van der Waals surface area contributed by atoms with Gasteiger partial charge in [0.1, 0.15) is 5.82 Å². The van der Waals surface area contributed by atoms with Crippen LogP contribution in [-0.4, -0.2) is 29.3 Å². The Morgan fingerprint density at radius 1 is 1.64 bits per heavy atom. The maximum Gasteiger partial charge on any atom is 0.143 e. The predicted molar refractivity (Wildman–Crippen MR) is 59.8 cm³/mol. The lowest BCUT2D eigenvalue weighted by Crippen LogP contribution is -2.22. The monoisotopic (exact) mass is 276 g/mol. The second-order valence-electron chi connectivity index (χ2n) is 3.35. The van der Waals surface area contributed by atoms with E-state index in [1.54, 1.807) is 6.20 Å². The van der Waals surface area contributed by atoms with Crippen LogP contribution in [0.25, 0.3) is 0 Å². The Balaban J connectivity index is 2.24. The number of aliphatic hydroxyl groups excluding tert-OH is 1. The fourth-order valence-electron chi connectivity index (χ4n) is 1.57. The molecule has 0 aliphatic carbocycles. The van der Waals surface area contributed by atoms with Crippen LogP contribution in [-0.2, 0) is 0 Å². The van der Waals surface area contributed by atoms with Crippen LogP contribution >= 0.6 is 27.5 Å². The molecule has 5 heteroatoms. The van der Waals surface area contributed by atoms with Gasteiger partial charge in [0.15, 0.2) is 0 Å². The first-order valence-electron chi connectivity index (χ1n) is 4.41. The molecule has 14 heavy (non-hydrogen) atoms. The predicted octanol–water partition coefficient (Wildman–Crippen LogP) is 2.07. The van der Waals surface area contributed by atoms with E-state index in [1.807, 2.05) is 11.0 Å². The Labute approximate surface area is 95.8 Å². The van der Waals surface area contributed by atoms with Crippen LogP contribution in [0.3, 0.4) is 0 Å². The number of halogens is 2. The number of hydrogen-bond acceptors (Lipinski definition) is 3. The first kappa shape index (κ1) is 10.2. The molecule has 1 aromatic rings. The van der Waals surface area contributed by atoms with Gasteiger partial charge in [0, 0.05) is 19.3 Å². The second kappa shape index (κ2) is 4.04. The zero-order chi connectivity index (χ0) is 10.1. The molecule has 0 spiro atoms. The summed E-state index contributed by atoms with van der Waals surface area (Å²) in [5.41, 5.74) is 0. The van der Waals surface area contributed by atoms with Crippen molar-refractivity contribution in [1.29, 1.82) is 0 Å². The van der Waals surface area contributed by atoms with Crippen LogP contribution < -0.4 is 4.90 Å². The third-order valence-corrected chi connectivity index (χ3v) is 3.04. The minimum atomic E-state index is -0.237. The van der Waals surface area contributed by atoms with Gasteiger partial charge in [-0.3, -0.25) is 0 Å². The molecule has 2 rings (SSSR count). The number of anilines is 1. The van der Waals surface area contributed by atoms with Crippen molar-refractivity contribution >= 4 is 33.3 Å². The lowest BCUT2D eigenvalue weighted by Gasteiger charge is -2.17. The summed E-state index contributed by atoms with van der Waals surface area (Å²) in [7, 11) is 0. The van der Waals surface area contributed by atoms with Crippen molar-refractivity contribution in [3.05, 3.63) is 21.8 Å². The largest absolute Gasteiger partial charge is 0.391 e. The van der Waals surface area contributed by atoms with Crippen molar-refractivity contribution in [1.82, 2.24) is 4.98 Å². The van der Waals surface area contributed by atoms with Gasteiger partial charge in [-0.1, -0.05) is 11.6 Å². The van der Waals surface area contributed by atoms with Crippen molar-refractivity contribution in [2.45, 2.75) is 12.5 Å². The summed E-state index contributed by atoms with van der Waals surface area (Å²) in [4.78, 5) is 6.28. The minimum absolute atomic E-state index is 0.237. The normalized spacial score (nSPS) is 21.6. The summed E-state index contributed by atoms with van der Waals surface area (Å²) in [6, 6.07) is 1.81. The molecule has 1 unspecified atom stereocenters. The summed E-state index contributed by atoms with van der Waals surface area (Å²) >= 11 is 9.20. The van der Waals surface area contributed by atoms with Crippen LogP contribution in [0.15, 0.2) is 16.7 Å². The molecular formula is C9H10BrClN2O. The van der Waals surface area contributed by atoms with E-state index < -0.39 is 0 Å². The number of aromatic nitrogens is 1. The van der Waals surface area contributed by atoms with Gasteiger partial charge in [0.25, 0.3) is 0 Å². The molecule has 1 aromatic heterocycles. The molecule has 1 atom stereocenters. The first-order valence-corrected chi connectivity index (χ1v) is 5.58. The summed E-state index contributed by atoms with van der Waals surface area (Å²) in [6.45, 7) is 1.49. The molecule has 3 nitrogen and oxygen atoms in total. The Bertz CT molecular complexity index is 348. The molecule has 0 radical (unpaired) electrons. The molecule has 0 bridgehead atoms. The molecule has 1 aliphatic rings. The van der Waals surface area contributed by atoms with Gasteiger partial charge in [-0.25, -0.2) is 4.98 Å². The van der Waals surface area contributed by atoms with E-state index in [0.717, 1.165) is 23.3 Å². The highest BCUT2D eigenvalue weighted by Gasteiger charge is 2.22. The van der Waals surface area contributed by atoms with Gasteiger partial charge in [0.05, 0.1) is 15.6 Å². The SMILES string of the molecule is OC1CCN(c2ncc(Cl)cc2Br)C1. The van der Waals surface area contributed by atoms with Crippen molar-refractivity contribution in [3.63, 3.8) is 0 Å². The van der Waals surface area contributed by atoms with E-state index in [9.17, 15) is 5.11 Å². The number of β-amino-alcohol motifs (C(OH)–C–C–N with tert-alkyl or cyclic N) is 1. The van der Waals surface area contributed by atoms with Crippen LogP contribution in [0.4, 0.5) is 5.82 Å². The fourth-order valence-corrected chi connectivity index (χ4v) is 2.46. The second-order valence-corrected chi connectivity index (χ2v) is 4.64. The average Bonchev–Trinajstić information content (AvgIpc) is 2.51. The van der Waals surface area contributed by atoms with Gasteiger partial charge < -0.3 is 10.0 Å². The van der Waals surface area contributed by atoms with Crippen molar-refractivity contribution in [2.24, 2.45) is 0 Å². The standard InChI is InChI=1S/C9H10BrClN2O/c10-8-3-6(11)4-12-9(8)13-2-1-7(14)5-13/h3-4,7,14H,1-2,5H2. The Morgan fingerprint density at radius 3 is 3.00 bits per heavy atom. The third-order valence-electron chi connectivity index (χ3n) is 2.25. The summed E-state index contributed by atoms with van der Waals surface area (Å²) in [6.07, 6.45) is 2.18. The molecule has 76 valence electrons. The summed E-state index contributed by atoms with van der Waals surface area (Å²) < 4.78 is 0.874. The van der Waals surface area contributed by atoms with E-state index >= 15 is 0 Å². The molecule has 0 aromatic carbocycles. The molecule has 1 N–H and O–H groups in total. The van der Waals surface area contributed by atoms with Crippen molar-refractivity contribution < 1.29 is 5.11 Å². The van der Waals surface area contributed by atoms with E-state index in [4.69, 9.17) is 11.6 Å². The summed E-state index contributed by atoms with van der Waals surface area (Å²) in [5, 5.41) is 10.0. The zero-order valence-electron chi connectivity index (χ0n) is 7.45. The number of pyridine rings is 1. The Morgan fingerprint density at radius 2 is 2.43 bits per heavy atom. The maximum atomic E-state index is 9.40. The van der Waals surface area contributed by atoms with Crippen LogP contribution in [0, 0.1) is 0 Å². The molecule has 1 saturated heterocycles. The van der Waals surface area contributed by atoms with Gasteiger partial charge in [-0.2, -0.15) is 0 Å².